The highest BCUT2D eigenvalue weighted by Crippen LogP contribution is 2.58. The molecule has 2 aliphatic carbocycles. The minimum Gasteiger partial charge on any atom is -0.299 e. The largest absolute Gasteiger partial charge is 0.299 e. The molecule has 2 aliphatic heterocycles. The lowest BCUT2D eigenvalue weighted by Gasteiger charge is -2.57. The number of carbonyl (C=O) groups is 2. The summed E-state index contributed by atoms with van der Waals surface area (Å²) in [5, 5.41) is 0. The zero-order valence-electron chi connectivity index (χ0n) is 11.7. The quantitative estimate of drug-likeness (QED) is 0.669. The minimum absolute atomic E-state index is 0.139. The molecule has 3 nitrogen and oxygen atoms in total. The number of rotatable bonds is 0. The summed E-state index contributed by atoms with van der Waals surface area (Å²) in [5.74, 6) is 1.94. The van der Waals surface area contributed by atoms with E-state index in [0.717, 1.165) is 45.2 Å². The number of hydrogen-bond acceptors (Lipinski definition) is 3. The second-order valence-electron chi connectivity index (χ2n) is 7.36. The summed E-state index contributed by atoms with van der Waals surface area (Å²) < 4.78 is 0. The zero-order valence-corrected chi connectivity index (χ0v) is 11.7. The van der Waals surface area contributed by atoms with Crippen molar-refractivity contribution in [2.24, 2.45) is 23.2 Å². The second kappa shape index (κ2) is 3.91. The molecule has 0 N–H and O–H groups in total. The van der Waals surface area contributed by atoms with Gasteiger partial charge in [-0.25, -0.2) is 0 Å². The maximum atomic E-state index is 12.9. The van der Waals surface area contributed by atoms with Crippen molar-refractivity contribution in [3.63, 3.8) is 0 Å². The van der Waals surface area contributed by atoms with Crippen LogP contribution in [-0.4, -0.2) is 35.6 Å². The summed E-state index contributed by atoms with van der Waals surface area (Å²) in [5.41, 5.74) is -0.139. The number of ketones is 2. The van der Waals surface area contributed by atoms with Gasteiger partial charge in [-0.05, 0) is 50.6 Å². The van der Waals surface area contributed by atoms with Gasteiger partial charge in [0, 0.05) is 30.2 Å². The van der Waals surface area contributed by atoms with E-state index in [1.807, 2.05) is 0 Å². The highest BCUT2D eigenvalue weighted by Gasteiger charge is 2.64. The molecule has 2 heterocycles. The predicted molar refractivity (Wildman–Crippen MR) is 71.7 cm³/mol. The van der Waals surface area contributed by atoms with E-state index >= 15 is 0 Å². The van der Waals surface area contributed by atoms with Gasteiger partial charge in [0.1, 0.15) is 11.6 Å². The Morgan fingerprint density at radius 3 is 2.89 bits per heavy atom. The molecule has 4 aliphatic rings. The fourth-order valence-corrected chi connectivity index (χ4v) is 5.77. The predicted octanol–water partition coefficient (Wildman–Crippen LogP) is 2.05. The average Bonchev–Trinajstić information content (AvgIpc) is 2.79. The Labute approximate surface area is 114 Å². The van der Waals surface area contributed by atoms with E-state index < -0.39 is 0 Å². The van der Waals surface area contributed by atoms with Gasteiger partial charge in [0.05, 0.1) is 0 Å². The van der Waals surface area contributed by atoms with Crippen molar-refractivity contribution in [1.82, 2.24) is 4.90 Å². The van der Waals surface area contributed by atoms with Gasteiger partial charge in [-0.1, -0.05) is 6.92 Å². The number of hydrogen-bond donors (Lipinski definition) is 0. The molecular weight excluding hydrogens is 238 g/mol. The van der Waals surface area contributed by atoms with E-state index in [1.165, 1.54) is 0 Å². The van der Waals surface area contributed by atoms with Crippen LogP contribution < -0.4 is 0 Å². The van der Waals surface area contributed by atoms with Gasteiger partial charge < -0.3 is 0 Å². The van der Waals surface area contributed by atoms with Crippen LogP contribution in [0.1, 0.15) is 45.4 Å². The van der Waals surface area contributed by atoms with Crippen molar-refractivity contribution in [2.45, 2.75) is 51.5 Å². The molecule has 5 atom stereocenters. The molecule has 19 heavy (non-hydrogen) atoms. The third kappa shape index (κ3) is 1.43. The SMILES string of the molecule is C[C@H]1CC(=O)[C@@]23CCCN4CCC(C(=O)C[C@@H]2C1)C43. The third-order valence-electron chi connectivity index (χ3n) is 6.39. The molecule has 2 saturated heterocycles. The van der Waals surface area contributed by atoms with Crippen molar-refractivity contribution < 1.29 is 9.59 Å². The molecule has 4 rings (SSSR count). The molecule has 4 fully saturated rings. The van der Waals surface area contributed by atoms with Crippen LogP contribution in [0, 0.1) is 23.2 Å². The van der Waals surface area contributed by atoms with Crippen LogP contribution in [0.5, 0.6) is 0 Å². The number of Topliss-reactive ketones (excluding diaryl/α,β-unsaturated/α-hetero) is 2. The maximum absolute atomic E-state index is 12.9. The van der Waals surface area contributed by atoms with E-state index in [-0.39, 0.29) is 17.4 Å². The molecule has 0 amide bonds. The number of nitrogens with zero attached hydrogens (tertiary/aromatic N) is 1. The molecule has 0 radical (unpaired) electrons. The zero-order chi connectivity index (χ0) is 13.2. The maximum Gasteiger partial charge on any atom is 0.141 e. The fraction of sp³-hybridized carbons (Fsp3) is 0.875. The van der Waals surface area contributed by atoms with Crippen LogP contribution in [0.3, 0.4) is 0 Å². The van der Waals surface area contributed by atoms with Crippen LogP contribution in [0.15, 0.2) is 0 Å². The highest BCUT2D eigenvalue weighted by atomic mass is 16.1. The molecule has 0 aromatic carbocycles. The summed E-state index contributed by atoms with van der Waals surface area (Å²) in [6.45, 7) is 4.32. The topological polar surface area (TPSA) is 37.4 Å². The van der Waals surface area contributed by atoms with E-state index in [1.54, 1.807) is 0 Å². The van der Waals surface area contributed by atoms with Gasteiger partial charge >= 0.3 is 0 Å². The monoisotopic (exact) mass is 261 g/mol. The molecule has 2 saturated carbocycles. The normalized spacial score (nSPS) is 49.9. The van der Waals surface area contributed by atoms with E-state index in [9.17, 15) is 9.59 Å². The lowest BCUT2D eigenvalue weighted by molar-refractivity contribution is -0.160. The molecule has 0 aromatic heterocycles. The van der Waals surface area contributed by atoms with Gasteiger partial charge in [-0.3, -0.25) is 14.5 Å². The highest BCUT2D eigenvalue weighted by molar-refractivity contribution is 5.93. The van der Waals surface area contributed by atoms with Gasteiger partial charge in [0.25, 0.3) is 0 Å². The summed E-state index contributed by atoms with van der Waals surface area (Å²) in [4.78, 5) is 27.8. The van der Waals surface area contributed by atoms with Crippen molar-refractivity contribution in [3.8, 4) is 0 Å². The van der Waals surface area contributed by atoms with E-state index in [0.29, 0.717) is 29.8 Å². The first-order chi connectivity index (χ1) is 9.13. The van der Waals surface area contributed by atoms with Gasteiger partial charge in [-0.2, -0.15) is 0 Å². The number of piperidine rings is 1. The standard InChI is InChI=1S/C16H23NO2/c1-10-7-11-9-13(18)12-3-6-17-5-2-4-16(11,15(12)17)14(19)8-10/h10-12,15H,2-9H2,1H3/t10-,11+,12?,15?,16-/m1/s1. The Hall–Kier alpha value is -0.700. The Morgan fingerprint density at radius 2 is 2.05 bits per heavy atom. The van der Waals surface area contributed by atoms with Crippen molar-refractivity contribution in [2.75, 3.05) is 13.1 Å². The second-order valence-corrected chi connectivity index (χ2v) is 7.36. The van der Waals surface area contributed by atoms with Crippen LogP contribution in [-0.2, 0) is 9.59 Å². The molecule has 3 heteroatoms. The Kier molecular flexibility index (Phi) is 2.48. The number of carbonyl (C=O) groups excluding carboxylic acids is 2. The van der Waals surface area contributed by atoms with E-state index in [2.05, 4.69) is 11.8 Å². The lowest BCUT2D eigenvalue weighted by Crippen LogP contribution is -2.64. The van der Waals surface area contributed by atoms with Crippen LogP contribution in [0.25, 0.3) is 0 Å². The van der Waals surface area contributed by atoms with Gasteiger partial charge in [0.15, 0.2) is 0 Å². The first-order valence-electron chi connectivity index (χ1n) is 7.93. The summed E-state index contributed by atoms with van der Waals surface area (Å²) in [7, 11) is 0. The van der Waals surface area contributed by atoms with E-state index in [4.69, 9.17) is 0 Å². The minimum atomic E-state index is -0.139. The van der Waals surface area contributed by atoms with Crippen molar-refractivity contribution >= 4 is 11.6 Å². The molecule has 2 unspecified atom stereocenters. The van der Waals surface area contributed by atoms with Crippen molar-refractivity contribution in [3.05, 3.63) is 0 Å². The molecular formula is C16H23NO2. The Bertz CT molecular complexity index is 446. The fourth-order valence-electron chi connectivity index (χ4n) is 5.77. The summed E-state index contributed by atoms with van der Waals surface area (Å²) in [6, 6.07) is 0.271. The summed E-state index contributed by atoms with van der Waals surface area (Å²) in [6.07, 6.45) is 5.73. The Balaban J connectivity index is 1.81. The summed E-state index contributed by atoms with van der Waals surface area (Å²) >= 11 is 0. The first kappa shape index (κ1) is 12.1. The molecule has 0 bridgehead atoms. The first-order valence-corrected chi connectivity index (χ1v) is 7.93. The third-order valence-corrected chi connectivity index (χ3v) is 6.39. The van der Waals surface area contributed by atoms with Crippen LogP contribution in [0.4, 0.5) is 0 Å². The Morgan fingerprint density at radius 1 is 1.21 bits per heavy atom. The molecule has 1 spiro atoms. The molecule has 104 valence electrons. The smallest absolute Gasteiger partial charge is 0.141 e. The van der Waals surface area contributed by atoms with Gasteiger partial charge in [0.2, 0.25) is 0 Å². The average molecular weight is 261 g/mol. The lowest BCUT2D eigenvalue weighted by atomic mass is 9.50. The molecule has 0 aromatic rings. The van der Waals surface area contributed by atoms with Crippen molar-refractivity contribution in [1.29, 1.82) is 0 Å². The van der Waals surface area contributed by atoms with Crippen LogP contribution in [0.2, 0.25) is 0 Å². The van der Waals surface area contributed by atoms with Crippen LogP contribution >= 0.6 is 0 Å². The van der Waals surface area contributed by atoms with Gasteiger partial charge in [-0.15, -0.1) is 0 Å².